The van der Waals surface area contributed by atoms with Crippen molar-refractivity contribution in [2.24, 2.45) is 17.3 Å². The lowest BCUT2D eigenvalue weighted by atomic mass is 9.51. The van der Waals surface area contributed by atoms with Crippen molar-refractivity contribution in [3.05, 3.63) is 12.2 Å². The molecule has 0 heterocycles. The average Bonchev–Trinajstić information content (AvgIpc) is 2.33. The maximum Gasteiger partial charge on any atom is 0.0877 e. The summed E-state index contributed by atoms with van der Waals surface area (Å²) in [6.45, 7) is 8.18. The smallest absolute Gasteiger partial charge is 0.0877 e. The first-order valence-corrected chi connectivity index (χ1v) is 6.99. The van der Waals surface area contributed by atoms with E-state index in [2.05, 4.69) is 13.5 Å². The van der Waals surface area contributed by atoms with Gasteiger partial charge in [-0.3, -0.25) is 0 Å². The van der Waals surface area contributed by atoms with Crippen molar-refractivity contribution in [3.8, 4) is 0 Å². The van der Waals surface area contributed by atoms with Crippen molar-refractivity contribution in [2.75, 3.05) is 6.61 Å². The summed E-state index contributed by atoms with van der Waals surface area (Å²) in [5.41, 5.74) is 0.141. The fourth-order valence-corrected chi connectivity index (χ4v) is 3.71. The molecule has 0 bridgehead atoms. The highest BCUT2D eigenvalue weighted by molar-refractivity contribution is 5.15. The third kappa shape index (κ3) is 2.24. The number of rotatable bonds is 1. The van der Waals surface area contributed by atoms with Gasteiger partial charge in [-0.15, -0.1) is 0 Å². The zero-order valence-electron chi connectivity index (χ0n) is 11.5. The maximum atomic E-state index is 10.3. The molecule has 0 aliphatic heterocycles. The van der Waals surface area contributed by atoms with E-state index in [1.807, 2.05) is 0 Å². The lowest BCUT2D eigenvalue weighted by molar-refractivity contribution is -0.0911. The molecule has 3 heteroatoms. The van der Waals surface area contributed by atoms with Crippen LogP contribution in [0, 0.1) is 17.3 Å². The predicted molar refractivity (Wildman–Crippen MR) is 71.0 cm³/mol. The quantitative estimate of drug-likeness (QED) is 0.626. The molecular formula is C15H26O3. The molecule has 2 aliphatic carbocycles. The van der Waals surface area contributed by atoms with Crippen LogP contribution >= 0.6 is 0 Å². The number of allylic oxidation sites excluding steroid dienone is 1. The van der Waals surface area contributed by atoms with Crippen molar-refractivity contribution in [1.29, 1.82) is 0 Å². The number of aliphatic hydroxyl groups is 3. The SMILES string of the molecule is C=C1CC[C@H](O)[C@](C)(O)CC[C@@H]2[C@@H]1C[C@@]2(C)CO. The highest BCUT2D eigenvalue weighted by Gasteiger charge is 2.51. The van der Waals surface area contributed by atoms with Crippen LogP contribution < -0.4 is 0 Å². The van der Waals surface area contributed by atoms with E-state index in [0.29, 0.717) is 24.7 Å². The first kappa shape index (κ1) is 14.0. The van der Waals surface area contributed by atoms with E-state index in [1.165, 1.54) is 5.57 Å². The van der Waals surface area contributed by atoms with E-state index in [9.17, 15) is 15.3 Å². The lowest BCUT2D eigenvalue weighted by Gasteiger charge is -2.54. The van der Waals surface area contributed by atoms with Gasteiger partial charge in [-0.05, 0) is 56.3 Å². The van der Waals surface area contributed by atoms with Gasteiger partial charge in [0.1, 0.15) is 0 Å². The monoisotopic (exact) mass is 254 g/mol. The Morgan fingerprint density at radius 3 is 2.61 bits per heavy atom. The second-order valence-corrected chi connectivity index (χ2v) is 6.84. The van der Waals surface area contributed by atoms with E-state index < -0.39 is 11.7 Å². The van der Waals surface area contributed by atoms with Gasteiger partial charge in [0.05, 0.1) is 11.7 Å². The number of hydrogen-bond donors (Lipinski definition) is 3. The van der Waals surface area contributed by atoms with E-state index >= 15 is 0 Å². The van der Waals surface area contributed by atoms with Crippen LogP contribution in [-0.4, -0.2) is 33.6 Å². The zero-order chi connectivity index (χ0) is 13.6. The molecule has 0 aromatic carbocycles. The average molecular weight is 254 g/mol. The van der Waals surface area contributed by atoms with Gasteiger partial charge < -0.3 is 15.3 Å². The van der Waals surface area contributed by atoms with Gasteiger partial charge in [-0.1, -0.05) is 19.1 Å². The number of aliphatic hydroxyl groups excluding tert-OH is 2. The molecule has 0 radical (unpaired) electrons. The van der Waals surface area contributed by atoms with Gasteiger partial charge in [0.25, 0.3) is 0 Å². The van der Waals surface area contributed by atoms with Crippen molar-refractivity contribution in [3.63, 3.8) is 0 Å². The zero-order valence-corrected chi connectivity index (χ0v) is 11.5. The molecule has 2 saturated carbocycles. The molecule has 104 valence electrons. The van der Waals surface area contributed by atoms with Crippen LogP contribution in [0.4, 0.5) is 0 Å². The maximum absolute atomic E-state index is 10.3. The summed E-state index contributed by atoms with van der Waals surface area (Å²) >= 11 is 0. The minimum Gasteiger partial charge on any atom is -0.396 e. The van der Waals surface area contributed by atoms with Crippen LogP contribution in [0.25, 0.3) is 0 Å². The topological polar surface area (TPSA) is 60.7 Å². The fourth-order valence-electron chi connectivity index (χ4n) is 3.71. The minimum absolute atomic E-state index is 0.0288. The van der Waals surface area contributed by atoms with Gasteiger partial charge >= 0.3 is 0 Å². The Labute approximate surface area is 110 Å². The summed E-state index contributed by atoms with van der Waals surface area (Å²) < 4.78 is 0. The lowest BCUT2D eigenvalue weighted by Crippen LogP contribution is -2.49. The molecule has 5 atom stereocenters. The Bertz CT molecular complexity index is 337. The molecule has 18 heavy (non-hydrogen) atoms. The fraction of sp³-hybridized carbons (Fsp3) is 0.867. The van der Waals surface area contributed by atoms with Gasteiger partial charge in [0.2, 0.25) is 0 Å². The predicted octanol–water partition coefficient (Wildman–Crippen LogP) is 1.86. The first-order chi connectivity index (χ1) is 8.30. The molecule has 0 spiro atoms. The van der Waals surface area contributed by atoms with Crippen LogP contribution in [-0.2, 0) is 0 Å². The second kappa shape index (κ2) is 4.62. The molecule has 0 unspecified atom stereocenters. The van der Waals surface area contributed by atoms with Crippen LogP contribution in [0.1, 0.15) is 46.0 Å². The molecule has 0 aromatic heterocycles. The van der Waals surface area contributed by atoms with Crippen molar-refractivity contribution >= 4 is 0 Å². The first-order valence-electron chi connectivity index (χ1n) is 6.99. The molecule has 2 fully saturated rings. The van der Waals surface area contributed by atoms with Crippen LogP contribution in [0.5, 0.6) is 0 Å². The van der Waals surface area contributed by atoms with Crippen molar-refractivity contribution < 1.29 is 15.3 Å². The standard InChI is InChI=1S/C15H26O3/c1-10-4-5-13(17)15(3,18)7-6-12-11(10)8-14(12,2)9-16/h11-13,16-18H,1,4-9H2,2-3H3/t11-,12-,13+,14+,15-/m1/s1. The van der Waals surface area contributed by atoms with Gasteiger partial charge in [-0.2, -0.15) is 0 Å². The molecule has 2 aliphatic rings. The van der Waals surface area contributed by atoms with Gasteiger partial charge in [0, 0.05) is 6.61 Å². The van der Waals surface area contributed by atoms with Gasteiger partial charge in [0.15, 0.2) is 0 Å². The summed E-state index contributed by atoms with van der Waals surface area (Å²) in [5, 5.41) is 29.9. The highest BCUT2D eigenvalue weighted by Crippen LogP contribution is 2.57. The van der Waals surface area contributed by atoms with Crippen LogP contribution in [0.15, 0.2) is 12.2 Å². The van der Waals surface area contributed by atoms with Crippen LogP contribution in [0.3, 0.4) is 0 Å². The number of hydrogen-bond acceptors (Lipinski definition) is 3. The normalized spacial score (nSPS) is 49.6. The summed E-state index contributed by atoms with van der Waals surface area (Å²) in [7, 11) is 0. The Kier molecular flexibility index (Phi) is 3.60. The van der Waals surface area contributed by atoms with E-state index in [-0.39, 0.29) is 12.0 Å². The van der Waals surface area contributed by atoms with Crippen molar-refractivity contribution in [1.82, 2.24) is 0 Å². The summed E-state index contributed by atoms with van der Waals surface area (Å²) in [6.07, 6.45) is 3.13. The van der Waals surface area contributed by atoms with E-state index in [4.69, 9.17) is 0 Å². The largest absolute Gasteiger partial charge is 0.396 e. The summed E-state index contributed by atoms with van der Waals surface area (Å²) in [5.74, 6) is 0.857. The second-order valence-electron chi connectivity index (χ2n) is 6.84. The third-order valence-electron chi connectivity index (χ3n) is 5.37. The van der Waals surface area contributed by atoms with E-state index in [1.54, 1.807) is 6.92 Å². The molecule has 3 N–H and O–H groups in total. The molecule has 0 saturated heterocycles. The summed E-state index contributed by atoms with van der Waals surface area (Å²) in [6, 6.07) is 0. The Hall–Kier alpha value is -0.380. The van der Waals surface area contributed by atoms with E-state index in [0.717, 1.165) is 19.3 Å². The molecule has 0 amide bonds. The Balaban J connectivity index is 2.16. The Morgan fingerprint density at radius 1 is 1.33 bits per heavy atom. The molecule has 3 nitrogen and oxygen atoms in total. The van der Waals surface area contributed by atoms with Gasteiger partial charge in [-0.25, -0.2) is 0 Å². The van der Waals surface area contributed by atoms with Crippen molar-refractivity contribution in [2.45, 2.75) is 57.7 Å². The highest BCUT2D eigenvalue weighted by atomic mass is 16.3. The molecule has 2 rings (SSSR count). The Morgan fingerprint density at radius 2 is 2.00 bits per heavy atom. The number of fused-ring (bicyclic) bond motifs is 1. The van der Waals surface area contributed by atoms with Crippen LogP contribution in [0.2, 0.25) is 0 Å². The molecule has 0 aromatic rings. The minimum atomic E-state index is -1.01. The summed E-state index contributed by atoms with van der Waals surface area (Å²) in [4.78, 5) is 0. The molecular weight excluding hydrogens is 228 g/mol. The third-order valence-corrected chi connectivity index (χ3v) is 5.37.